The van der Waals surface area contributed by atoms with Crippen molar-refractivity contribution in [1.82, 2.24) is 26.0 Å². The number of nitrogens with one attached hydrogen (secondary N) is 3. The number of morpholine rings is 1. The molecule has 7 nitrogen and oxygen atoms in total. The Morgan fingerprint density at radius 2 is 2.09 bits per heavy atom. The zero-order chi connectivity index (χ0) is 15.6. The van der Waals surface area contributed by atoms with Gasteiger partial charge in [0.05, 0.1) is 24.5 Å². The van der Waals surface area contributed by atoms with Crippen molar-refractivity contribution in [1.29, 1.82) is 0 Å². The van der Waals surface area contributed by atoms with Crippen LogP contribution in [0.5, 0.6) is 0 Å². The van der Waals surface area contributed by atoms with E-state index in [0.29, 0.717) is 12.2 Å². The van der Waals surface area contributed by atoms with Crippen molar-refractivity contribution in [3.8, 4) is 0 Å². The van der Waals surface area contributed by atoms with Crippen molar-refractivity contribution in [3.63, 3.8) is 0 Å². The largest absolute Gasteiger partial charge is 0.372 e. The van der Waals surface area contributed by atoms with Crippen LogP contribution in [0.2, 0.25) is 0 Å². The summed E-state index contributed by atoms with van der Waals surface area (Å²) in [6.45, 7) is 7.42. The lowest BCUT2D eigenvalue weighted by Gasteiger charge is -2.49. The van der Waals surface area contributed by atoms with Crippen molar-refractivity contribution in [2.24, 2.45) is 0 Å². The summed E-state index contributed by atoms with van der Waals surface area (Å²) in [7, 11) is 0. The molecule has 3 N–H and O–H groups in total. The molecule has 0 aromatic heterocycles. The molecule has 0 radical (unpaired) electrons. The second kappa shape index (κ2) is 6.94. The average molecular weight is 323 g/mol. The lowest BCUT2D eigenvalue weighted by Crippen LogP contribution is -2.71. The van der Waals surface area contributed by atoms with E-state index >= 15 is 0 Å². The topological polar surface area (TPSA) is 61.0 Å². The van der Waals surface area contributed by atoms with E-state index in [4.69, 9.17) is 9.47 Å². The van der Waals surface area contributed by atoms with E-state index in [1.807, 2.05) is 6.20 Å². The Morgan fingerprint density at radius 1 is 1.26 bits per heavy atom. The second-order valence-corrected chi connectivity index (χ2v) is 6.97. The summed E-state index contributed by atoms with van der Waals surface area (Å²) in [4.78, 5) is 2.55. The number of hydrogen-bond acceptors (Lipinski definition) is 7. The summed E-state index contributed by atoms with van der Waals surface area (Å²) < 4.78 is 11.5. The summed E-state index contributed by atoms with van der Waals surface area (Å²) in [5, 5.41) is 9.00. The van der Waals surface area contributed by atoms with E-state index in [1.165, 1.54) is 18.5 Å². The van der Waals surface area contributed by atoms with Crippen LogP contribution in [0.15, 0.2) is 11.9 Å². The quantitative estimate of drug-likeness (QED) is 0.549. The molecule has 4 unspecified atom stereocenters. The fraction of sp³-hybridized carbons (Fsp3) is 0.875. The number of hydrazine groups is 1. The molecule has 0 aliphatic carbocycles. The van der Waals surface area contributed by atoms with Gasteiger partial charge >= 0.3 is 0 Å². The number of nitrogens with zero attached hydrogens (tertiary/aromatic N) is 2. The van der Waals surface area contributed by atoms with Crippen LogP contribution >= 0.6 is 0 Å². The molecule has 5 rings (SSSR count). The number of hydrogen-bond donors (Lipinski definition) is 3. The Bertz CT molecular complexity index is 430. The molecule has 0 amide bonds. The Kier molecular flexibility index (Phi) is 4.73. The van der Waals surface area contributed by atoms with Gasteiger partial charge in [-0.3, -0.25) is 10.2 Å². The van der Waals surface area contributed by atoms with E-state index in [9.17, 15) is 0 Å². The van der Waals surface area contributed by atoms with Gasteiger partial charge in [-0.05, 0) is 19.4 Å². The van der Waals surface area contributed by atoms with Gasteiger partial charge in [0.25, 0.3) is 0 Å². The molecule has 0 aromatic rings. The standard InChI is InChI=1S/C16H29N5O2/c1-2-3-7-22-16-17-9-14-15(18-16)21(19-14)6-4-5-20-10-12-8-13(11-20)23-12/h9,12-13,15-19H,2-8,10-11H2,1H3. The van der Waals surface area contributed by atoms with Crippen molar-refractivity contribution >= 4 is 0 Å². The molecule has 23 heavy (non-hydrogen) atoms. The van der Waals surface area contributed by atoms with E-state index in [-0.39, 0.29) is 12.5 Å². The van der Waals surface area contributed by atoms with Gasteiger partial charge in [-0.15, -0.1) is 0 Å². The molecule has 2 bridgehead atoms. The highest BCUT2D eigenvalue weighted by atomic mass is 16.5. The lowest BCUT2D eigenvalue weighted by atomic mass is 9.99. The number of fused-ring (bicyclic) bond motifs is 3. The molecule has 0 aromatic carbocycles. The molecule has 4 atom stereocenters. The van der Waals surface area contributed by atoms with E-state index in [0.717, 1.165) is 45.6 Å². The zero-order valence-electron chi connectivity index (χ0n) is 14.0. The number of piperidine rings is 1. The van der Waals surface area contributed by atoms with E-state index in [2.05, 4.69) is 32.9 Å². The highest BCUT2D eigenvalue weighted by molar-refractivity contribution is 5.17. The summed E-state index contributed by atoms with van der Waals surface area (Å²) in [6.07, 6.45) is 7.95. The highest BCUT2D eigenvalue weighted by Crippen LogP contribution is 2.28. The van der Waals surface area contributed by atoms with Crippen LogP contribution in [-0.2, 0) is 9.47 Å². The number of rotatable bonds is 8. The van der Waals surface area contributed by atoms with Crippen molar-refractivity contribution < 1.29 is 9.47 Å². The minimum atomic E-state index is -0.0775. The van der Waals surface area contributed by atoms with Crippen LogP contribution in [-0.4, -0.2) is 67.4 Å². The van der Waals surface area contributed by atoms with Gasteiger partial charge < -0.3 is 20.2 Å². The Hall–Kier alpha value is -0.860. The molecule has 5 aliphatic rings. The molecule has 4 saturated heterocycles. The molecule has 7 heteroatoms. The predicted molar refractivity (Wildman–Crippen MR) is 87.0 cm³/mol. The maximum absolute atomic E-state index is 5.80. The van der Waals surface area contributed by atoms with Crippen LogP contribution in [0.3, 0.4) is 0 Å². The first-order chi connectivity index (χ1) is 11.3. The van der Waals surface area contributed by atoms with Gasteiger partial charge in [-0.25, -0.2) is 5.01 Å². The Morgan fingerprint density at radius 3 is 2.87 bits per heavy atom. The van der Waals surface area contributed by atoms with Crippen molar-refractivity contribution in [2.75, 3.05) is 32.8 Å². The third kappa shape index (κ3) is 3.49. The normalized spacial score (nSPS) is 36.1. The molecule has 0 spiro atoms. The van der Waals surface area contributed by atoms with Gasteiger partial charge in [-0.2, -0.15) is 0 Å². The third-order valence-corrected chi connectivity index (χ3v) is 5.07. The van der Waals surface area contributed by atoms with Gasteiger partial charge in [-0.1, -0.05) is 13.3 Å². The van der Waals surface area contributed by atoms with Crippen LogP contribution in [0.25, 0.3) is 0 Å². The van der Waals surface area contributed by atoms with Gasteiger partial charge in [0, 0.05) is 32.3 Å². The second-order valence-electron chi connectivity index (χ2n) is 6.97. The first-order valence-electron chi connectivity index (χ1n) is 9.06. The highest BCUT2D eigenvalue weighted by Gasteiger charge is 2.39. The van der Waals surface area contributed by atoms with E-state index < -0.39 is 0 Å². The number of unbranched alkanes of at least 4 members (excludes halogenated alkanes) is 1. The smallest absolute Gasteiger partial charge is 0.185 e. The third-order valence-electron chi connectivity index (χ3n) is 5.07. The minimum Gasteiger partial charge on any atom is -0.372 e. The summed E-state index contributed by atoms with van der Waals surface area (Å²) in [5.74, 6) is 0. The van der Waals surface area contributed by atoms with Gasteiger partial charge in [0.1, 0.15) is 6.17 Å². The zero-order valence-corrected chi connectivity index (χ0v) is 14.0. The Labute approximate surface area is 138 Å². The van der Waals surface area contributed by atoms with Crippen molar-refractivity contribution in [2.45, 2.75) is 57.3 Å². The van der Waals surface area contributed by atoms with Crippen molar-refractivity contribution in [3.05, 3.63) is 11.9 Å². The van der Waals surface area contributed by atoms with Crippen LogP contribution in [0, 0.1) is 0 Å². The molecular formula is C16H29N5O2. The van der Waals surface area contributed by atoms with Crippen LogP contribution < -0.4 is 16.1 Å². The lowest BCUT2D eigenvalue weighted by molar-refractivity contribution is -0.181. The Balaban J connectivity index is 1.15. The predicted octanol–water partition coefficient (Wildman–Crippen LogP) is 0.130. The fourth-order valence-electron chi connectivity index (χ4n) is 3.76. The molecule has 130 valence electrons. The molecule has 0 saturated carbocycles. The molecule has 4 fully saturated rings. The summed E-state index contributed by atoms with van der Waals surface area (Å²) in [6, 6.07) is 0. The fourth-order valence-corrected chi connectivity index (χ4v) is 3.76. The van der Waals surface area contributed by atoms with Crippen LogP contribution in [0.4, 0.5) is 0 Å². The number of ether oxygens (including phenoxy) is 2. The van der Waals surface area contributed by atoms with Gasteiger partial charge in [0.2, 0.25) is 0 Å². The average Bonchev–Trinajstić information content (AvgIpc) is 2.53. The molecule has 5 aliphatic heterocycles. The summed E-state index contributed by atoms with van der Waals surface area (Å²) in [5.41, 5.74) is 4.60. The molecular weight excluding hydrogens is 294 g/mol. The SMILES string of the molecule is CCCCOC1NC=C2NN(CCCN3CC4CC(C3)O4)C2N1. The minimum absolute atomic E-state index is 0.0775. The first kappa shape index (κ1) is 15.7. The maximum Gasteiger partial charge on any atom is 0.185 e. The van der Waals surface area contributed by atoms with E-state index in [1.54, 1.807) is 0 Å². The first-order valence-corrected chi connectivity index (χ1v) is 9.06. The maximum atomic E-state index is 5.80. The summed E-state index contributed by atoms with van der Waals surface area (Å²) >= 11 is 0. The molecule has 5 heterocycles. The monoisotopic (exact) mass is 323 g/mol. The van der Waals surface area contributed by atoms with Gasteiger partial charge in [0.15, 0.2) is 6.35 Å². The van der Waals surface area contributed by atoms with Crippen LogP contribution in [0.1, 0.15) is 32.6 Å².